The number of nitrogens with one attached hydrogen (secondary N) is 2. The highest BCUT2D eigenvalue weighted by Crippen LogP contribution is 2.24. The predicted molar refractivity (Wildman–Crippen MR) is 88.3 cm³/mol. The van der Waals surface area contributed by atoms with E-state index in [4.69, 9.17) is 0 Å². The third kappa shape index (κ3) is 3.17. The molecule has 0 bridgehead atoms. The number of carbonyl (C=O) groups excluding carboxylic acids is 1. The maximum atomic E-state index is 12.4. The molecule has 1 heterocycles. The number of anilines is 1. The molecule has 1 amide bonds. The van der Waals surface area contributed by atoms with Crippen molar-refractivity contribution in [1.29, 1.82) is 0 Å². The number of fused-ring (bicyclic) bond motifs is 1. The molecule has 0 spiro atoms. The average molecular weight is 345 g/mol. The van der Waals surface area contributed by atoms with Crippen LogP contribution in [0, 0.1) is 6.92 Å². The molecular weight excluding hydrogens is 328 g/mol. The number of halogens is 1. The molecule has 0 saturated heterocycles. The first-order valence-corrected chi connectivity index (χ1v) is 7.80. The van der Waals surface area contributed by atoms with Crippen molar-refractivity contribution in [3.05, 3.63) is 63.6 Å². The Bertz CT molecular complexity index is 684. The number of hydrogen-bond donors (Lipinski definition) is 2. The first-order valence-electron chi connectivity index (χ1n) is 7.00. The quantitative estimate of drug-likeness (QED) is 0.876. The summed E-state index contributed by atoms with van der Waals surface area (Å²) >= 11 is 3.47. The van der Waals surface area contributed by atoms with Gasteiger partial charge in [-0.25, -0.2) is 0 Å². The summed E-state index contributed by atoms with van der Waals surface area (Å²) in [4.78, 5) is 12.4. The van der Waals surface area contributed by atoms with E-state index in [0.29, 0.717) is 0 Å². The Kier molecular flexibility index (Phi) is 4.08. The van der Waals surface area contributed by atoms with Gasteiger partial charge in [-0.15, -0.1) is 0 Å². The van der Waals surface area contributed by atoms with Crippen molar-refractivity contribution in [1.82, 2.24) is 5.32 Å². The van der Waals surface area contributed by atoms with Crippen molar-refractivity contribution in [3.8, 4) is 0 Å². The summed E-state index contributed by atoms with van der Waals surface area (Å²) in [6, 6.07) is 14.0. The molecule has 0 aliphatic carbocycles. The van der Waals surface area contributed by atoms with E-state index in [1.165, 1.54) is 11.1 Å². The number of hydrogen-bond acceptors (Lipinski definition) is 2. The molecule has 0 aromatic heterocycles. The molecule has 1 aliphatic rings. The van der Waals surface area contributed by atoms with Crippen molar-refractivity contribution in [2.75, 3.05) is 5.32 Å². The van der Waals surface area contributed by atoms with Crippen LogP contribution in [0.25, 0.3) is 0 Å². The Labute approximate surface area is 132 Å². The Morgan fingerprint density at radius 2 is 2.00 bits per heavy atom. The topological polar surface area (TPSA) is 41.1 Å². The normalized spacial score (nSPS) is 17.1. The van der Waals surface area contributed by atoms with Gasteiger partial charge in [-0.1, -0.05) is 30.3 Å². The highest BCUT2D eigenvalue weighted by Gasteiger charge is 2.24. The minimum Gasteiger partial charge on any atom is -0.324 e. The van der Waals surface area contributed by atoms with E-state index in [1.54, 1.807) is 0 Å². The number of benzene rings is 2. The van der Waals surface area contributed by atoms with Gasteiger partial charge in [-0.3, -0.25) is 4.79 Å². The van der Waals surface area contributed by atoms with Crippen molar-refractivity contribution >= 4 is 27.5 Å². The van der Waals surface area contributed by atoms with Crippen LogP contribution < -0.4 is 10.6 Å². The zero-order valence-corrected chi connectivity index (χ0v) is 13.4. The number of rotatable bonds is 2. The first kappa shape index (κ1) is 14.3. The standard InChI is InChI=1S/C17H17BrN2O/c1-11-6-7-14(18)15(8-11)20-17(21)16-9-12-4-2-3-5-13(12)10-19-16/h2-8,16,19H,9-10H2,1H3,(H,20,21)/t16-/m1/s1. The summed E-state index contributed by atoms with van der Waals surface area (Å²) in [6.07, 6.45) is 0.728. The summed E-state index contributed by atoms with van der Waals surface area (Å²) in [5.74, 6) is 0.0100. The van der Waals surface area contributed by atoms with Crippen molar-refractivity contribution in [2.45, 2.75) is 25.9 Å². The molecule has 0 unspecified atom stereocenters. The molecule has 0 radical (unpaired) electrons. The number of carbonyl (C=O) groups is 1. The van der Waals surface area contributed by atoms with Gasteiger partial charge in [0.2, 0.25) is 5.91 Å². The molecule has 3 rings (SSSR count). The molecule has 1 aliphatic heterocycles. The van der Waals surface area contributed by atoms with Gasteiger partial charge in [0.25, 0.3) is 0 Å². The zero-order chi connectivity index (χ0) is 14.8. The fourth-order valence-corrected chi connectivity index (χ4v) is 2.94. The Balaban J connectivity index is 1.74. The molecule has 4 heteroatoms. The smallest absolute Gasteiger partial charge is 0.241 e. The van der Waals surface area contributed by atoms with E-state index in [0.717, 1.165) is 28.7 Å². The molecule has 3 nitrogen and oxygen atoms in total. The van der Waals surface area contributed by atoms with E-state index < -0.39 is 0 Å². The Hall–Kier alpha value is -1.65. The van der Waals surface area contributed by atoms with Crippen molar-refractivity contribution < 1.29 is 4.79 Å². The third-order valence-electron chi connectivity index (χ3n) is 3.78. The Morgan fingerprint density at radius 1 is 1.24 bits per heavy atom. The summed E-state index contributed by atoms with van der Waals surface area (Å²) in [6.45, 7) is 2.75. The van der Waals surface area contributed by atoms with Gasteiger partial charge < -0.3 is 10.6 Å². The van der Waals surface area contributed by atoms with Gasteiger partial charge in [-0.2, -0.15) is 0 Å². The number of amides is 1. The summed E-state index contributed by atoms with van der Waals surface area (Å²) in [7, 11) is 0. The predicted octanol–water partition coefficient (Wildman–Crippen LogP) is 3.41. The fraction of sp³-hybridized carbons (Fsp3) is 0.235. The van der Waals surface area contributed by atoms with Crippen LogP contribution in [0.5, 0.6) is 0 Å². The second-order valence-electron chi connectivity index (χ2n) is 5.38. The lowest BCUT2D eigenvalue weighted by Gasteiger charge is -2.25. The third-order valence-corrected chi connectivity index (χ3v) is 4.47. The molecule has 1 atom stereocenters. The lowest BCUT2D eigenvalue weighted by atomic mass is 9.95. The largest absolute Gasteiger partial charge is 0.324 e. The second kappa shape index (κ2) is 6.00. The van der Waals surface area contributed by atoms with Crippen molar-refractivity contribution in [3.63, 3.8) is 0 Å². The molecule has 2 aromatic carbocycles. The van der Waals surface area contributed by atoms with Crippen LogP contribution in [0.2, 0.25) is 0 Å². The van der Waals surface area contributed by atoms with Gasteiger partial charge >= 0.3 is 0 Å². The van der Waals surface area contributed by atoms with E-state index in [9.17, 15) is 4.79 Å². The summed E-state index contributed by atoms with van der Waals surface area (Å²) in [5.41, 5.74) is 4.47. The molecule has 2 N–H and O–H groups in total. The summed E-state index contributed by atoms with van der Waals surface area (Å²) < 4.78 is 0.901. The molecule has 0 fully saturated rings. The second-order valence-corrected chi connectivity index (χ2v) is 6.23. The maximum absolute atomic E-state index is 12.4. The van der Waals surface area contributed by atoms with Crippen LogP contribution in [0.4, 0.5) is 5.69 Å². The SMILES string of the molecule is Cc1ccc(Br)c(NC(=O)[C@H]2Cc3ccccc3CN2)c1. The van der Waals surface area contributed by atoms with Crippen LogP contribution in [0.15, 0.2) is 46.9 Å². The van der Waals surface area contributed by atoms with Crippen LogP contribution >= 0.6 is 15.9 Å². The minimum absolute atomic E-state index is 0.0100. The summed E-state index contributed by atoms with van der Waals surface area (Å²) in [5, 5.41) is 6.31. The average Bonchev–Trinajstić information content (AvgIpc) is 2.50. The molecule has 0 saturated carbocycles. The van der Waals surface area contributed by atoms with E-state index in [2.05, 4.69) is 38.7 Å². The number of aryl methyl sites for hydroxylation is 1. The van der Waals surface area contributed by atoms with Crippen LogP contribution in [0.1, 0.15) is 16.7 Å². The van der Waals surface area contributed by atoms with Gasteiger partial charge in [0, 0.05) is 11.0 Å². The first-order chi connectivity index (χ1) is 10.1. The molecule has 21 heavy (non-hydrogen) atoms. The lowest BCUT2D eigenvalue weighted by molar-refractivity contribution is -0.118. The zero-order valence-electron chi connectivity index (χ0n) is 11.8. The van der Waals surface area contributed by atoms with Crippen LogP contribution in [-0.4, -0.2) is 11.9 Å². The van der Waals surface area contributed by atoms with Gasteiger partial charge in [0.05, 0.1) is 11.7 Å². The molecule has 2 aromatic rings. The van der Waals surface area contributed by atoms with Gasteiger partial charge in [0.1, 0.15) is 0 Å². The highest BCUT2D eigenvalue weighted by atomic mass is 79.9. The van der Waals surface area contributed by atoms with Crippen LogP contribution in [0.3, 0.4) is 0 Å². The lowest BCUT2D eigenvalue weighted by Crippen LogP contribution is -2.44. The maximum Gasteiger partial charge on any atom is 0.241 e. The Morgan fingerprint density at radius 3 is 2.81 bits per heavy atom. The van der Waals surface area contributed by atoms with Gasteiger partial charge in [-0.05, 0) is 58.1 Å². The monoisotopic (exact) mass is 344 g/mol. The van der Waals surface area contributed by atoms with E-state index in [-0.39, 0.29) is 11.9 Å². The van der Waals surface area contributed by atoms with Gasteiger partial charge in [0.15, 0.2) is 0 Å². The molecule has 108 valence electrons. The highest BCUT2D eigenvalue weighted by molar-refractivity contribution is 9.10. The van der Waals surface area contributed by atoms with Crippen molar-refractivity contribution in [2.24, 2.45) is 0 Å². The van der Waals surface area contributed by atoms with Crippen LogP contribution in [-0.2, 0) is 17.8 Å². The minimum atomic E-state index is -0.188. The fourth-order valence-electron chi connectivity index (χ4n) is 2.59. The van der Waals surface area contributed by atoms with E-state index in [1.807, 2.05) is 37.3 Å². The molecular formula is C17H17BrN2O. The van der Waals surface area contributed by atoms with E-state index >= 15 is 0 Å².